The summed E-state index contributed by atoms with van der Waals surface area (Å²) in [4.78, 5) is 0. The molecule has 0 atom stereocenters. The fourth-order valence-corrected chi connectivity index (χ4v) is 1.43. The topological polar surface area (TPSA) is 126 Å². The van der Waals surface area contributed by atoms with Crippen molar-refractivity contribution in [2.24, 2.45) is 15.9 Å². The Morgan fingerprint density at radius 3 is 2.56 bits per heavy atom. The average Bonchev–Trinajstić information content (AvgIpc) is 2.29. The molecule has 4 N–H and O–H groups in total. The van der Waals surface area contributed by atoms with Crippen molar-refractivity contribution < 1.29 is 17.8 Å². The van der Waals surface area contributed by atoms with E-state index in [4.69, 9.17) is 10.9 Å². The SMILES string of the molecule is CS(=O)(=O)Oc1ccc(/C=N/N=C(\N)NO)cc1. The lowest BCUT2D eigenvalue weighted by Crippen LogP contribution is -2.27. The van der Waals surface area contributed by atoms with Crippen LogP contribution in [-0.4, -0.2) is 32.1 Å². The summed E-state index contributed by atoms with van der Waals surface area (Å²) in [5.74, 6) is -0.0435. The third kappa shape index (κ3) is 5.27. The molecule has 0 aliphatic rings. The summed E-state index contributed by atoms with van der Waals surface area (Å²) in [6.07, 6.45) is 2.33. The fourth-order valence-electron chi connectivity index (χ4n) is 0.964. The number of nitrogens with zero attached hydrogens (tertiary/aromatic N) is 2. The molecule has 0 aliphatic carbocycles. The van der Waals surface area contributed by atoms with Crippen molar-refractivity contribution in [1.82, 2.24) is 5.48 Å². The maximum Gasteiger partial charge on any atom is 0.306 e. The van der Waals surface area contributed by atoms with Crippen LogP contribution >= 0.6 is 0 Å². The molecule has 0 aromatic heterocycles. The lowest BCUT2D eigenvalue weighted by molar-refractivity contribution is 0.232. The number of hydrogen-bond acceptors (Lipinski definition) is 6. The van der Waals surface area contributed by atoms with E-state index in [1.807, 2.05) is 0 Å². The van der Waals surface area contributed by atoms with E-state index in [0.717, 1.165) is 6.26 Å². The van der Waals surface area contributed by atoms with E-state index in [9.17, 15) is 8.42 Å². The maximum absolute atomic E-state index is 10.9. The molecule has 1 rings (SSSR count). The molecule has 1 aromatic carbocycles. The number of hydroxylamine groups is 1. The van der Waals surface area contributed by atoms with Crippen LogP contribution in [0.5, 0.6) is 5.75 Å². The van der Waals surface area contributed by atoms with Gasteiger partial charge in [0.1, 0.15) is 5.75 Å². The number of nitrogens with one attached hydrogen (secondary N) is 1. The van der Waals surface area contributed by atoms with Crippen molar-refractivity contribution in [3.05, 3.63) is 29.8 Å². The van der Waals surface area contributed by atoms with Crippen LogP contribution in [0.3, 0.4) is 0 Å². The van der Waals surface area contributed by atoms with Gasteiger partial charge in [-0.15, -0.1) is 5.10 Å². The minimum absolute atomic E-state index is 0.203. The highest BCUT2D eigenvalue weighted by atomic mass is 32.2. The predicted octanol–water partition coefficient (Wildman–Crippen LogP) is -0.348. The molecule has 0 radical (unpaired) electrons. The highest BCUT2D eigenvalue weighted by molar-refractivity contribution is 7.86. The molecule has 0 bridgehead atoms. The second-order valence-corrected chi connectivity index (χ2v) is 4.77. The van der Waals surface area contributed by atoms with E-state index < -0.39 is 10.1 Å². The Labute approximate surface area is 104 Å². The monoisotopic (exact) mass is 272 g/mol. The Hall–Kier alpha value is -2.13. The number of rotatable bonds is 4. The summed E-state index contributed by atoms with van der Waals surface area (Å²) in [5, 5.41) is 15.3. The third-order valence-electron chi connectivity index (χ3n) is 1.61. The Balaban J connectivity index is 2.72. The summed E-state index contributed by atoms with van der Waals surface area (Å²) in [6.45, 7) is 0. The molecule has 98 valence electrons. The first kappa shape index (κ1) is 13.9. The quantitative estimate of drug-likeness (QED) is 0.298. The van der Waals surface area contributed by atoms with Crippen molar-refractivity contribution in [1.29, 1.82) is 0 Å². The average molecular weight is 272 g/mol. The van der Waals surface area contributed by atoms with Crippen molar-refractivity contribution in [2.75, 3.05) is 6.26 Å². The maximum atomic E-state index is 10.9. The van der Waals surface area contributed by atoms with Crippen LogP contribution in [0.2, 0.25) is 0 Å². The summed E-state index contributed by atoms with van der Waals surface area (Å²) in [6, 6.07) is 6.11. The van der Waals surface area contributed by atoms with E-state index in [-0.39, 0.29) is 11.7 Å². The van der Waals surface area contributed by atoms with Gasteiger partial charge in [0.15, 0.2) is 0 Å². The molecule has 18 heavy (non-hydrogen) atoms. The van der Waals surface area contributed by atoms with Gasteiger partial charge in [-0.2, -0.15) is 13.5 Å². The van der Waals surface area contributed by atoms with E-state index in [2.05, 4.69) is 14.4 Å². The molecule has 1 aromatic rings. The number of benzene rings is 1. The van der Waals surface area contributed by atoms with E-state index in [1.165, 1.54) is 18.3 Å². The highest BCUT2D eigenvalue weighted by Gasteiger charge is 2.03. The molecule has 9 heteroatoms. The van der Waals surface area contributed by atoms with Crippen LogP contribution in [0.25, 0.3) is 0 Å². The Morgan fingerprint density at radius 2 is 2.06 bits per heavy atom. The van der Waals surface area contributed by atoms with Crippen molar-refractivity contribution >= 4 is 22.3 Å². The lowest BCUT2D eigenvalue weighted by Gasteiger charge is -2.01. The fraction of sp³-hybridized carbons (Fsp3) is 0.111. The van der Waals surface area contributed by atoms with Crippen molar-refractivity contribution in [3.63, 3.8) is 0 Å². The predicted molar refractivity (Wildman–Crippen MR) is 66.1 cm³/mol. The van der Waals surface area contributed by atoms with Crippen LogP contribution in [0, 0.1) is 0 Å². The highest BCUT2D eigenvalue weighted by Crippen LogP contribution is 2.12. The van der Waals surface area contributed by atoms with Crippen molar-refractivity contribution in [3.8, 4) is 5.75 Å². The second-order valence-electron chi connectivity index (χ2n) is 3.20. The van der Waals surface area contributed by atoms with Gasteiger partial charge in [0.2, 0.25) is 5.96 Å². The first-order chi connectivity index (χ1) is 8.40. The van der Waals surface area contributed by atoms with Gasteiger partial charge in [0, 0.05) is 0 Å². The molecule has 0 fully saturated rings. The Bertz CT molecular complexity index is 550. The molecule has 0 spiro atoms. The molecule has 0 heterocycles. The van der Waals surface area contributed by atoms with Crippen molar-refractivity contribution in [2.45, 2.75) is 0 Å². The molecular weight excluding hydrogens is 260 g/mol. The van der Waals surface area contributed by atoms with Crippen LogP contribution in [0.4, 0.5) is 0 Å². The minimum atomic E-state index is -3.53. The zero-order chi connectivity index (χ0) is 13.6. The van der Waals surface area contributed by atoms with E-state index >= 15 is 0 Å². The second kappa shape index (κ2) is 5.98. The molecule has 0 aliphatic heterocycles. The normalized spacial score (nSPS) is 12.7. The van der Waals surface area contributed by atoms with Gasteiger partial charge in [-0.1, -0.05) is 0 Å². The van der Waals surface area contributed by atoms with Gasteiger partial charge in [0.05, 0.1) is 12.5 Å². The van der Waals surface area contributed by atoms with Crippen LogP contribution in [0.15, 0.2) is 34.5 Å². The molecule has 0 unspecified atom stereocenters. The summed E-state index contributed by atoms with van der Waals surface area (Å²) >= 11 is 0. The zero-order valence-corrected chi connectivity index (χ0v) is 10.3. The number of hydrogen-bond donors (Lipinski definition) is 3. The molecule has 8 nitrogen and oxygen atoms in total. The van der Waals surface area contributed by atoms with Crippen LogP contribution < -0.4 is 15.4 Å². The smallest absolute Gasteiger partial charge is 0.306 e. The first-order valence-corrected chi connectivity index (χ1v) is 6.48. The van der Waals surface area contributed by atoms with Crippen LogP contribution in [0.1, 0.15) is 5.56 Å². The van der Waals surface area contributed by atoms with E-state index in [1.54, 1.807) is 17.6 Å². The van der Waals surface area contributed by atoms with Gasteiger partial charge >= 0.3 is 10.1 Å². The number of guanidine groups is 1. The van der Waals surface area contributed by atoms with Gasteiger partial charge in [0.25, 0.3) is 0 Å². The standard InChI is InChI=1S/C9H12N4O4S/c1-18(15,16)17-8-4-2-7(3-5-8)6-11-12-9(10)13-14/h2-6,14H,1H3,(H3,10,12,13)/b11-6+. The first-order valence-electron chi connectivity index (χ1n) is 4.67. The van der Waals surface area contributed by atoms with E-state index in [0.29, 0.717) is 5.56 Å². The Kier molecular flexibility index (Phi) is 4.63. The van der Waals surface area contributed by atoms with Crippen LogP contribution in [-0.2, 0) is 10.1 Å². The molecule has 0 saturated heterocycles. The summed E-state index contributed by atoms with van der Waals surface area (Å²) in [5.41, 5.74) is 7.39. The molecule has 0 amide bonds. The lowest BCUT2D eigenvalue weighted by atomic mass is 10.2. The van der Waals surface area contributed by atoms with Gasteiger partial charge < -0.3 is 9.92 Å². The molecular formula is C9H12N4O4S. The Morgan fingerprint density at radius 1 is 1.44 bits per heavy atom. The van der Waals surface area contributed by atoms with Gasteiger partial charge in [-0.05, 0) is 29.8 Å². The van der Waals surface area contributed by atoms with Gasteiger partial charge in [-0.3, -0.25) is 5.21 Å². The third-order valence-corrected chi connectivity index (χ3v) is 2.11. The molecule has 0 saturated carbocycles. The minimum Gasteiger partial charge on any atom is -0.383 e. The van der Waals surface area contributed by atoms with Gasteiger partial charge in [-0.25, -0.2) is 5.48 Å². The zero-order valence-electron chi connectivity index (χ0n) is 9.44. The summed E-state index contributed by atoms with van der Waals surface area (Å²) < 4.78 is 26.4. The summed E-state index contributed by atoms with van der Waals surface area (Å²) in [7, 11) is -3.53. The number of nitrogens with two attached hydrogens (primary N) is 1. The largest absolute Gasteiger partial charge is 0.383 e.